The third kappa shape index (κ3) is 4.97. The molecule has 14 heavy (non-hydrogen) atoms. The van der Waals surface area contributed by atoms with Gasteiger partial charge in [-0.15, -0.1) is 0 Å². The molecule has 0 aromatic carbocycles. The van der Waals surface area contributed by atoms with Gasteiger partial charge < -0.3 is 9.64 Å². The summed E-state index contributed by atoms with van der Waals surface area (Å²) in [6.07, 6.45) is 8.44. The minimum atomic E-state index is 0.898. The minimum Gasteiger partial charge on any atom is -0.385 e. The molecule has 1 aliphatic rings. The molecule has 1 saturated carbocycles. The molecule has 0 saturated heterocycles. The number of hydrogen-bond donors (Lipinski definition) is 0. The zero-order valence-corrected chi connectivity index (χ0v) is 9.80. The second-order valence-corrected chi connectivity index (χ2v) is 4.61. The summed E-state index contributed by atoms with van der Waals surface area (Å²) in [5.41, 5.74) is 0. The van der Waals surface area contributed by atoms with Crippen molar-refractivity contribution in [3.63, 3.8) is 0 Å². The van der Waals surface area contributed by atoms with Crippen LogP contribution in [-0.2, 0) is 4.74 Å². The zero-order chi connectivity index (χ0) is 10.2. The summed E-state index contributed by atoms with van der Waals surface area (Å²) >= 11 is 0. The first-order chi connectivity index (χ1) is 6.83. The van der Waals surface area contributed by atoms with E-state index in [1.165, 1.54) is 51.6 Å². The van der Waals surface area contributed by atoms with Gasteiger partial charge in [0.2, 0.25) is 0 Å². The fraction of sp³-hybridized carbons (Fsp3) is 1.00. The highest BCUT2D eigenvalue weighted by atomic mass is 16.5. The van der Waals surface area contributed by atoms with Gasteiger partial charge >= 0.3 is 0 Å². The Bertz CT molecular complexity index is 132. The molecule has 2 nitrogen and oxygen atoms in total. The van der Waals surface area contributed by atoms with E-state index in [1.54, 1.807) is 7.11 Å². The third-order valence-electron chi connectivity index (χ3n) is 3.18. The molecule has 0 aromatic rings. The van der Waals surface area contributed by atoms with Crippen molar-refractivity contribution in [3.8, 4) is 0 Å². The van der Waals surface area contributed by atoms with Crippen LogP contribution in [0.5, 0.6) is 0 Å². The molecular weight excluding hydrogens is 174 g/mol. The highest BCUT2D eigenvalue weighted by Gasteiger charge is 2.14. The van der Waals surface area contributed by atoms with Gasteiger partial charge in [-0.05, 0) is 32.2 Å². The largest absolute Gasteiger partial charge is 0.385 e. The molecule has 1 aliphatic carbocycles. The van der Waals surface area contributed by atoms with Crippen LogP contribution in [0.15, 0.2) is 0 Å². The van der Waals surface area contributed by atoms with Crippen LogP contribution in [0.1, 0.15) is 38.5 Å². The van der Waals surface area contributed by atoms with Crippen molar-refractivity contribution in [1.29, 1.82) is 0 Å². The fourth-order valence-corrected chi connectivity index (χ4v) is 2.38. The van der Waals surface area contributed by atoms with Crippen LogP contribution >= 0.6 is 0 Å². The molecule has 1 fully saturated rings. The molecule has 84 valence electrons. The summed E-state index contributed by atoms with van der Waals surface area (Å²) in [4.78, 5) is 2.47. The van der Waals surface area contributed by atoms with Gasteiger partial charge in [0.1, 0.15) is 0 Å². The van der Waals surface area contributed by atoms with Crippen LogP contribution in [0.25, 0.3) is 0 Å². The Kier molecular flexibility index (Phi) is 6.20. The number of ether oxygens (including phenoxy) is 1. The normalized spacial score (nSPS) is 19.1. The molecule has 2 heteroatoms. The molecule has 0 atom stereocenters. The van der Waals surface area contributed by atoms with Gasteiger partial charge in [-0.3, -0.25) is 0 Å². The number of rotatable bonds is 6. The van der Waals surface area contributed by atoms with Gasteiger partial charge in [0.15, 0.2) is 0 Å². The van der Waals surface area contributed by atoms with Crippen LogP contribution in [0, 0.1) is 5.92 Å². The first-order valence-electron chi connectivity index (χ1n) is 6.00. The third-order valence-corrected chi connectivity index (χ3v) is 3.18. The molecule has 0 radical (unpaired) electrons. The van der Waals surface area contributed by atoms with Crippen LogP contribution in [0.2, 0.25) is 0 Å². The SMILES string of the molecule is COCCCN(C)CC1CCCCC1. The van der Waals surface area contributed by atoms with Crippen molar-refractivity contribution < 1.29 is 4.74 Å². The van der Waals surface area contributed by atoms with E-state index in [2.05, 4.69) is 11.9 Å². The summed E-state index contributed by atoms with van der Waals surface area (Å²) in [5.74, 6) is 0.969. The van der Waals surface area contributed by atoms with Gasteiger partial charge in [0, 0.05) is 26.8 Å². The molecule has 0 aromatic heterocycles. The Balaban J connectivity index is 2.03. The van der Waals surface area contributed by atoms with E-state index >= 15 is 0 Å². The van der Waals surface area contributed by atoms with Gasteiger partial charge in [-0.2, -0.15) is 0 Å². The van der Waals surface area contributed by atoms with E-state index in [1.807, 2.05) is 0 Å². The molecule has 0 heterocycles. The molecular formula is C12H25NO. The number of nitrogens with zero attached hydrogens (tertiary/aromatic N) is 1. The molecule has 0 amide bonds. The lowest BCUT2D eigenvalue weighted by molar-refractivity contribution is 0.169. The van der Waals surface area contributed by atoms with E-state index in [-0.39, 0.29) is 0 Å². The second kappa shape index (κ2) is 7.24. The maximum Gasteiger partial charge on any atom is 0.0474 e. The molecule has 0 N–H and O–H groups in total. The topological polar surface area (TPSA) is 12.5 Å². The van der Waals surface area contributed by atoms with E-state index in [9.17, 15) is 0 Å². The maximum atomic E-state index is 5.06. The average molecular weight is 199 g/mol. The predicted octanol–water partition coefficient (Wildman–Crippen LogP) is 2.54. The summed E-state index contributed by atoms with van der Waals surface area (Å²) in [7, 11) is 4.02. The second-order valence-electron chi connectivity index (χ2n) is 4.61. The predicted molar refractivity (Wildman–Crippen MR) is 60.6 cm³/mol. The molecule has 0 spiro atoms. The van der Waals surface area contributed by atoms with Crippen LogP contribution in [0.3, 0.4) is 0 Å². The lowest BCUT2D eigenvalue weighted by Crippen LogP contribution is -2.28. The first kappa shape index (κ1) is 12.0. The van der Waals surface area contributed by atoms with Crippen molar-refractivity contribution in [2.24, 2.45) is 5.92 Å². The van der Waals surface area contributed by atoms with Crippen molar-refractivity contribution in [2.75, 3.05) is 33.9 Å². The minimum absolute atomic E-state index is 0.898. The molecule has 0 unspecified atom stereocenters. The van der Waals surface area contributed by atoms with E-state index < -0.39 is 0 Å². The number of methoxy groups -OCH3 is 1. The van der Waals surface area contributed by atoms with Crippen molar-refractivity contribution in [3.05, 3.63) is 0 Å². The number of hydrogen-bond acceptors (Lipinski definition) is 2. The summed E-state index contributed by atoms with van der Waals surface area (Å²) in [6, 6.07) is 0. The quantitative estimate of drug-likeness (QED) is 0.610. The standard InChI is InChI=1S/C12H25NO/c1-13(9-6-10-14-2)11-12-7-4-3-5-8-12/h12H,3-11H2,1-2H3. The zero-order valence-electron chi connectivity index (χ0n) is 9.80. The van der Waals surface area contributed by atoms with Gasteiger partial charge in [-0.1, -0.05) is 19.3 Å². The highest BCUT2D eigenvalue weighted by Crippen LogP contribution is 2.23. The molecule has 1 rings (SSSR count). The van der Waals surface area contributed by atoms with E-state index in [4.69, 9.17) is 4.74 Å². The monoisotopic (exact) mass is 199 g/mol. The Hall–Kier alpha value is -0.0800. The smallest absolute Gasteiger partial charge is 0.0474 e. The average Bonchev–Trinajstić information content (AvgIpc) is 2.20. The summed E-state index contributed by atoms with van der Waals surface area (Å²) in [5, 5.41) is 0. The lowest BCUT2D eigenvalue weighted by Gasteiger charge is -2.26. The van der Waals surface area contributed by atoms with Crippen molar-refractivity contribution >= 4 is 0 Å². The fourth-order valence-electron chi connectivity index (χ4n) is 2.38. The maximum absolute atomic E-state index is 5.06. The first-order valence-corrected chi connectivity index (χ1v) is 6.00. The van der Waals surface area contributed by atoms with Crippen molar-refractivity contribution in [2.45, 2.75) is 38.5 Å². The van der Waals surface area contributed by atoms with Gasteiger partial charge in [-0.25, -0.2) is 0 Å². The summed E-state index contributed by atoms with van der Waals surface area (Å²) in [6.45, 7) is 3.38. The van der Waals surface area contributed by atoms with E-state index in [0.717, 1.165) is 12.5 Å². The van der Waals surface area contributed by atoms with Crippen LogP contribution in [0.4, 0.5) is 0 Å². The van der Waals surface area contributed by atoms with Gasteiger partial charge in [0.05, 0.1) is 0 Å². The Morgan fingerprint density at radius 1 is 1.21 bits per heavy atom. The van der Waals surface area contributed by atoms with Gasteiger partial charge in [0.25, 0.3) is 0 Å². The van der Waals surface area contributed by atoms with Crippen LogP contribution < -0.4 is 0 Å². The molecule has 0 aliphatic heterocycles. The van der Waals surface area contributed by atoms with Crippen LogP contribution in [-0.4, -0.2) is 38.8 Å². The Labute approximate surface area is 88.6 Å². The highest BCUT2D eigenvalue weighted by molar-refractivity contribution is 4.68. The Morgan fingerprint density at radius 3 is 2.57 bits per heavy atom. The Morgan fingerprint density at radius 2 is 1.93 bits per heavy atom. The molecule has 0 bridgehead atoms. The van der Waals surface area contributed by atoms with E-state index in [0.29, 0.717) is 0 Å². The summed E-state index contributed by atoms with van der Waals surface area (Å²) < 4.78 is 5.06. The lowest BCUT2D eigenvalue weighted by atomic mass is 9.89. The van der Waals surface area contributed by atoms with Crippen molar-refractivity contribution in [1.82, 2.24) is 4.90 Å².